The molecule has 6 nitrogen and oxygen atoms in total. The van der Waals surface area contributed by atoms with E-state index in [1.54, 1.807) is 50.3 Å². The summed E-state index contributed by atoms with van der Waals surface area (Å²) in [5, 5.41) is 0.936. The normalized spacial score (nSPS) is 16.4. The van der Waals surface area contributed by atoms with Gasteiger partial charge in [-0.1, -0.05) is 40.6 Å². The third kappa shape index (κ3) is 3.64. The summed E-state index contributed by atoms with van der Waals surface area (Å²) >= 11 is 13.4. The summed E-state index contributed by atoms with van der Waals surface area (Å²) in [5.74, 6) is -0.0836. The fourth-order valence-corrected chi connectivity index (χ4v) is 4.77. The van der Waals surface area contributed by atoms with E-state index in [0.29, 0.717) is 36.4 Å². The summed E-state index contributed by atoms with van der Waals surface area (Å²) in [6.07, 6.45) is 3.18. The maximum Gasteiger partial charge on any atom is 0.338 e. The van der Waals surface area contributed by atoms with E-state index in [2.05, 4.69) is 4.99 Å². The highest BCUT2D eigenvalue weighted by molar-refractivity contribution is 7.07. The van der Waals surface area contributed by atoms with E-state index in [-0.39, 0.29) is 17.7 Å². The van der Waals surface area contributed by atoms with E-state index >= 15 is 0 Å². The van der Waals surface area contributed by atoms with Crippen LogP contribution in [0, 0.1) is 0 Å². The van der Waals surface area contributed by atoms with E-state index in [1.165, 1.54) is 22.2 Å². The first-order chi connectivity index (χ1) is 14.4. The number of halogens is 2. The molecule has 1 aliphatic rings. The zero-order valence-electron chi connectivity index (χ0n) is 16.0. The van der Waals surface area contributed by atoms with Gasteiger partial charge in [0.25, 0.3) is 5.56 Å². The van der Waals surface area contributed by atoms with Crippen molar-refractivity contribution in [3.63, 3.8) is 0 Å². The van der Waals surface area contributed by atoms with Crippen LogP contribution in [0.15, 0.2) is 62.1 Å². The summed E-state index contributed by atoms with van der Waals surface area (Å²) < 4.78 is 12.7. The van der Waals surface area contributed by atoms with Crippen LogP contribution in [0.25, 0.3) is 6.08 Å². The minimum absolute atomic E-state index is 0.208. The van der Waals surface area contributed by atoms with Crippen LogP contribution in [0.2, 0.25) is 10.0 Å². The summed E-state index contributed by atoms with van der Waals surface area (Å²) in [6, 6.07) is 7.71. The molecule has 0 amide bonds. The first-order valence-corrected chi connectivity index (χ1v) is 10.7. The van der Waals surface area contributed by atoms with Crippen molar-refractivity contribution in [2.75, 3.05) is 6.61 Å². The molecular weight excluding hydrogens is 447 g/mol. The van der Waals surface area contributed by atoms with Crippen LogP contribution < -0.4 is 14.9 Å². The molecule has 0 bridgehead atoms. The first kappa shape index (κ1) is 20.7. The number of furan rings is 1. The zero-order valence-corrected chi connectivity index (χ0v) is 18.3. The second-order valence-electron chi connectivity index (χ2n) is 6.48. The highest BCUT2D eigenvalue weighted by atomic mass is 35.5. The molecule has 0 saturated heterocycles. The monoisotopic (exact) mass is 462 g/mol. The van der Waals surface area contributed by atoms with Gasteiger partial charge in [-0.2, -0.15) is 0 Å². The molecule has 1 aromatic carbocycles. The fraction of sp³-hybridized carbons (Fsp3) is 0.190. The Morgan fingerprint density at radius 2 is 2.17 bits per heavy atom. The van der Waals surface area contributed by atoms with Gasteiger partial charge < -0.3 is 9.15 Å². The summed E-state index contributed by atoms with van der Waals surface area (Å²) in [6.45, 7) is 3.65. The Kier molecular flexibility index (Phi) is 5.69. The predicted molar refractivity (Wildman–Crippen MR) is 116 cm³/mol. The van der Waals surface area contributed by atoms with Crippen LogP contribution in [0.4, 0.5) is 0 Å². The molecule has 30 heavy (non-hydrogen) atoms. The van der Waals surface area contributed by atoms with Crippen LogP contribution in [-0.2, 0) is 9.53 Å². The summed E-state index contributed by atoms with van der Waals surface area (Å²) in [5.41, 5.74) is 1.10. The largest absolute Gasteiger partial charge is 0.467 e. The Morgan fingerprint density at radius 1 is 1.37 bits per heavy atom. The van der Waals surface area contributed by atoms with Crippen molar-refractivity contribution in [3.8, 4) is 0 Å². The molecule has 1 aliphatic heterocycles. The second-order valence-corrected chi connectivity index (χ2v) is 8.34. The Morgan fingerprint density at radius 3 is 2.83 bits per heavy atom. The number of esters is 1. The molecule has 3 heterocycles. The molecule has 9 heteroatoms. The highest BCUT2D eigenvalue weighted by Gasteiger charge is 2.35. The van der Waals surface area contributed by atoms with Crippen molar-refractivity contribution >= 4 is 46.6 Å². The maximum absolute atomic E-state index is 13.3. The quantitative estimate of drug-likeness (QED) is 0.554. The predicted octanol–water partition coefficient (Wildman–Crippen LogP) is 3.70. The Labute approximate surface area is 185 Å². The highest BCUT2D eigenvalue weighted by Crippen LogP contribution is 2.31. The Hall–Kier alpha value is -2.61. The van der Waals surface area contributed by atoms with Gasteiger partial charge in [-0.05, 0) is 49.8 Å². The minimum atomic E-state index is -0.766. The van der Waals surface area contributed by atoms with Crippen LogP contribution in [0.3, 0.4) is 0 Å². The van der Waals surface area contributed by atoms with E-state index in [9.17, 15) is 9.59 Å². The topological polar surface area (TPSA) is 73.8 Å². The number of nitrogens with zero attached hydrogens (tertiary/aromatic N) is 2. The lowest BCUT2D eigenvalue weighted by Crippen LogP contribution is -2.39. The van der Waals surface area contributed by atoms with Crippen molar-refractivity contribution in [1.29, 1.82) is 0 Å². The number of hydrogen-bond acceptors (Lipinski definition) is 6. The molecular formula is C21H16Cl2N2O4S. The lowest BCUT2D eigenvalue weighted by molar-refractivity contribution is -0.139. The van der Waals surface area contributed by atoms with Gasteiger partial charge in [-0.25, -0.2) is 9.79 Å². The zero-order chi connectivity index (χ0) is 21.4. The lowest BCUT2D eigenvalue weighted by atomic mass is 10.0. The van der Waals surface area contributed by atoms with Gasteiger partial charge in [0, 0.05) is 10.0 Å². The second kappa shape index (κ2) is 8.26. The van der Waals surface area contributed by atoms with Crippen molar-refractivity contribution in [2.45, 2.75) is 19.9 Å². The molecule has 0 radical (unpaired) electrons. The van der Waals surface area contributed by atoms with Gasteiger partial charge in [0.2, 0.25) is 0 Å². The smallest absolute Gasteiger partial charge is 0.338 e. The number of thiazole rings is 1. The summed E-state index contributed by atoms with van der Waals surface area (Å²) in [7, 11) is 0. The van der Waals surface area contributed by atoms with Gasteiger partial charge in [0.15, 0.2) is 4.80 Å². The van der Waals surface area contributed by atoms with Crippen LogP contribution in [-0.4, -0.2) is 17.1 Å². The van der Waals surface area contributed by atoms with Crippen molar-refractivity contribution in [2.24, 2.45) is 4.99 Å². The van der Waals surface area contributed by atoms with E-state index < -0.39 is 12.0 Å². The number of carbonyl (C=O) groups excluding carboxylic acids is 1. The van der Waals surface area contributed by atoms with Gasteiger partial charge >= 0.3 is 5.97 Å². The molecule has 2 aromatic heterocycles. The number of hydrogen-bond donors (Lipinski definition) is 0. The van der Waals surface area contributed by atoms with E-state index in [0.717, 1.165) is 0 Å². The number of ether oxygens (including phenoxy) is 1. The van der Waals surface area contributed by atoms with Crippen LogP contribution in [0.5, 0.6) is 0 Å². The number of carbonyl (C=O) groups is 1. The number of rotatable bonds is 4. The molecule has 1 unspecified atom stereocenters. The van der Waals surface area contributed by atoms with Gasteiger partial charge in [0.1, 0.15) is 11.8 Å². The molecule has 0 fully saturated rings. The van der Waals surface area contributed by atoms with Crippen molar-refractivity contribution in [1.82, 2.24) is 4.57 Å². The average molecular weight is 463 g/mol. The molecule has 0 N–H and O–H groups in total. The molecule has 4 rings (SSSR count). The van der Waals surface area contributed by atoms with Gasteiger partial charge in [0.05, 0.1) is 28.7 Å². The van der Waals surface area contributed by atoms with Gasteiger partial charge in [-0.15, -0.1) is 0 Å². The Bertz CT molecular complexity index is 1340. The fourth-order valence-electron chi connectivity index (χ4n) is 3.27. The SMILES string of the molecule is CCOC(=O)C1=C(C)N=c2sc(=Cc3ccc(Cl)cc3Cl)c(=O)n2C1c1ccco1. The third-order valence-electron chi connectivity index (χ3n) is 4.58. The number of aromatic nitrogens is 1. The van der Waals surface area contributed by atoms with Crippen molar-refractivity contribution < 1.29 is 13.9 Å². The molecule has 0 saturated carbocycles. The lowest BCUT2D eigenvalue weighted by Gasteiger charge is -2.22. The average Bonchev–Trinajstić information content (AvgIpc) is 3.32. The van der Waals surface area contributed by atoms with E-state index in [1.807, 2.05) is 0 Å². The molecule has 3 aromatic rings. The Balaban J connectivity index is 1.95. The summed E-state index contributed by atoms with van der Waals surface area (Å²) in [4.78, 5) is 31.0. The molecule has 0 spiro atoms. The minimum Gasteiger partial charge on any atom is -0.467 e. The number of benzene rings is 1. The maximum atomic E-state index is 13.3. The number of fused-ring (bicyclic) bond motifs is 1. The van der Waals surface area contributed by atoms with Gasteiger partial charge in [-0.3, -0.25) is 9.36 Å². The molecule has 0 aliphatic carbocycles. The molecule has 1 atom stereocenters. The van der Waals surface area contributed by atoms with Crippen LogP contribution in [0.1, 0.15) is 31.2 Å². The van der Waals surface area contributed by atoms with Crippen LogP contribution >= 0.6 is 34.5 Å². The third-order valence-corrected chi connectivity index (χ3v) is 6.12. The first-order valence-electron chi connectivity index (χ1n) is 9.08. The molecule has 154 valence electrons. The van der Waals surface area contributed by atoms with E-state index in [4.69, 9.17) is 32.4 Å². The number of allylic oxidation sites excluding steroid dienone is 1. The van der Waals surface area contributed by atoms with Crippen molar-refractivity contribution in [3.05, 3.63) is 88.9 Å². The standard InChI is InChI=1S/C21H16Cl2N2O4S/c1-3-28-20(27)17-11(2)24-21-25(18(17)15-5-4-8-29-15)19(26)16(30-21)9-12-6-7-13(22)10-14(12)23/h4-10,18H,3H2,1-2H3.